The first-order chi connectivity index (χ1) is 16.3. The lowest BCUT2D eigenvalue weighted by atomic mass is 10.3. The Morgan fingerprint density at radius 1 is 1.09 bits per heavy atom. The van der Waals surface area contributed by atoms with Crippen molar-refractivity contribution in [2.24, 2.45) is 0 Å². The van der Waals surface area contributed by atoms with Crippen molar-refractivity contribution < 1.29 is 17.9 Å². The van der Waals surface area contributed by atoms with Gasteiger partial charge in [-0.3, -0.25) is 9.69 Å². The fourth-order valence-electron chi connectivity index (χ4n) is 3.50. The molecule has 0 spiro atoms. The molecule has 0 aliphatic rings. The third kappa shape index (κ3) is 7.57. The third-order valence-corrected chi connectivity index (χ3v) is 9.15. The molecule has 2 aromatic carbocycles. The van der Waals surface area contributed by atoms with E-state index in [1.54, 1.807) is 28.8 Å². The lowest BCUT2D eigenvalue weighted by molar-refractivity contribution is -0.118. The molecule has 35 heavy (non-hydrogen) atoms. The van der Waals surface area contributed by atoms with Gasteiger partial charge in [-0.05, 0) is 61.8 Å². The standard InChI is InChI=1S/C24H31N3O4S3.ClH/c1-5-26(6-2)14-15-27(24-25-21-12-9-19(32-4)17-22(21)33-24)23(28)13-16-34(29,30)20-10-7-18(31-3)8-11-20;/h7-12,17H,5-6,13-16H2,1-4H3;1H. The molecular weight excluding hydrogens is 526 g/mol. The molecule has 0 aliphatic heterocycles. The third-order valence-electron chi connectivity index (χ3n) is 5.65. The molecule has 7 nitrogen and oxygen atoms in total. The van der Waals surface area contributed by atoms with Crippen molar-refractivity contribution in [1.29, 1.82) is 0 Å². The summed E-state index contributed by atoms with van der Waals surface area (Å²) in [6, 6.07) is 12.3. The van der Waals surface area contributed by atoms with E-state index < -0.39 is 9.84 Å². The molecule has 0 N–H and O–H groups in total. The summed E-state index contributed by atoms with van der Waals surface area (Å²) >= 11 is 3.12. The highest BCUT2D eigenvalue weighted by molar-refractivity contribution is 7.98. The van der Waals surface area contributed by atoms with Gasteiger partial charge in [0.05, 0.1) is 28.0 Å². The van der Waals surface area contributed by atoms with Crippen LogP contribution in [0.4, 0.5) is 5.13 Å². The van der Waals surface area contributed by atoms with Crippen LogP contribution in [-0.4, -0.2) is 69.5 Å². The number of fused-ring (bicyclic) bond motifs is 1. The highest BCUT2D eigenvalue weighted by Crippen LogP contribution is 2.32. The largest absolute Gasteiger partial charge is 0.497 e. The summed E-state index contributed by atoms with van der Waals surface area (Å²) < 4.78 is 31.8. The fraction of sp³-hybridized carbons (Fsp3) is 0.417. The molecule has 0 aliphatic carbocycles. The Hall–Kier alpha value is -1.85. The summed E-state index contributed by atoms with van der Waals surface area (Å²) in [5.41, 5.74) is 0.837. The molecule has 192 valence electrons. The number of benzene rings is 2. The Morgan fingerprint density at radius 3 is 2.37 bits per heavy atom. The number of hydrogen-bond donors (Lipinski definition) is 0. The molecule has 1 heterocycles. The number of hydrogen-bond acceptors (Lipinski definition) is 8. The molecule has 0 bridgehead atoms. The predicted octanol–water partition coefficient (Wildman–Crippen LogP) is 4.99. The quantitative estimate of drug-likeness (QED) is 0.290. The first kappa shape index (κ1) is 29.4. The summed E-state index contributed by atoms with van der Waals surface area (Å²) in [4.78, 5) is 23.2. The van der Waals surface area contributed by atoms with Crippen LogP contribution in [-0.2, 0) is 14.6 Å². The van der Waals surface area contributed by atoms with Gasteiger partial charge in [0.2, 0.25) is 5.91 Å². The van der Waals surface area contributed by atoms with Gasteiger partial charge in [-0.15, -0.1) is 24.2 Å². The molecule has 0 saturated heterocycles. The zero-order chi connectivity index (χ0) is 24.7. The van der Waals surface area contributed by atoms with Gasteiger partial charge in [0.1, 0.15) is 5.75 Å². The number of carbonyl (C=O) groups excluding carboxylic acids is 1. The lowest BCUT2D eigenvalue weighted by Crippen LogP contribution is -2.39. The Bertz CT molecular complexity index is 1210. The van der Waals surface area contributed by atoms with Crippen LogP contribution >= 0.6 is 35.5 Å². The van der Waals surface area contributed by atoms with Gasteiger partial charge >= 0.3 is 0 Å². The van der Waals surface area contributed by atoms with E-state index in [0.717, 1.165) is 28.2 Å². The van der Waals surface area contributed by atoms with Gasteiger partial charge in [-0.2, -0.15) is 0 Å². The van der Waals surface area contributed by atoms with Crippen molar-refractivity contribution in [3.8, 4) is 5.75 Å². The van der Waals surface area contributed by atoms with E-state index in [1.807, 2.05) is 18.4 Å². The molecule has 0 fully saturated rings. The molecule has 1 aromatic heterocycles. The number of halogens is 1. The molecular formula is C24H32ClN3O4S3. The second kappa shape index (κ2) is 13.5. The zero-order valence-electron chi connectivity index (χ0n) is 20.4. The van der Waals surface area contributed by atoms with E-state index in [4.69, 9.17) is 9.72 Å². The van der Waals surface area contributed by atoms with Crippen molar-refractivity contribution in [2.45, 2.75) is 30.1 Å². The number of methoxy groups -OCH3 is 1. The minimum atomic E-state index is -3.60. The van der Waals surface area contributed by atoms with Gasteiger partial charge in [0.15, 0.2) is 15.0 Å². The number of likely N-dealkylation sites (N-methyl/N-ethyl adjacent to an activating group) is 1. The number of aromatic nitrogens is 1. The number of ether oxygens (including phenoxy) is 1. The molecule has 3 rings (SSSR count). The van der Waals surface area contributed by atoms with Crippen LogP contribution in [0.2, 0.25) is 0 Å². The average molecular weight is 558 g/mol. The maximum Gasteiger partial charge on any atom is 0.229 e. The van der Waals surface area contributed by atoms with Crippen LogP contribution in [0.15, 0.2) is 52.3 Å². The maximum absolute atomic E-state index is 13.3. The summed E-state index contributed by atoms with van der Waals surface area (Å²) in [7, 11) is -2.08. The number of rotatable bonds is 12. The number of amides is 1. The van der Waals surface area contributed by atoms with Gasteiger partial charge < -0.3 is 9.64 Å². The van der Waals surface area contributed by atoms with Gasteiger partial charge in [-0.1, -0.05) is 25.2 Å². The van der Waals surface area contributed by atoms with Gasteiger partial charge in [0, 0.05) is 24.4 Å². The van der Waals surface area contributed by atoms with E-state index in [1.165, 1.54) is 30.6 Å². The first-order valence-electron chi connectivity index (χ1n) is 11.1. The summed E-state index contributed by atoms with van der Waals surface area (Å²) in [6.07, 6.45) is 1.91. The average Bonchev–Trinajstić information content (AvgIpc) is 3.28. The summed E-state index contributed by atoms with van der Waals surface area (Å²) in [6.45, 7) is 7.06. The molecule has 0 radical (unpaired) electrons. The number of nitrogens with zero attached hydrogens (tertiary/aromatic N) is 3. The monoisotopic (exact) mass is 557 g/mol. The molecule has 0 atom stereocenters. The van der Waals surface area contributed by atoms with Crippen molar-refractivity contribution in [2.75, 3.05) is 50.2 Å². The zero-order valence-corrected chi connectivity index (χ0v) is 23.7. The number of sulfone groups is 1. The van der Waals surface area contributed by atoms with Crippen molar-refractivity contribution in [1.82, 2.24) is 9.88 Å². The van der Waals surface area contributed by atoms with Crippen molar-refractivity contribution >= 4 is 66.6 Å². The maximum atomic E-state index is 13.3. The lowest BCUT2D eigenvalue weighted by Gasteiger charge is -2.24. The van der Waals surface area contributed by atoms with E-state index >= 15 is 0 Å². The SMILES string of the molecule is CCN(CC)CCN(C(=O)CCS(=O)(=O)c1ccc(OC)cc1)c1nc2ccc(SC)cc2s1.Cl. The Morgan fingerprint density at radius 2 is 1.77 bits per heavy atom. The minimum absolute atomic E-state index is 0. The second-order valence-electron chi connectivity index (χ2n) is 7.65. The van der Waals surface area contributed by atoms with E-state index in [0.29, 0.717) is 24.0 Å². The number of thiazole rings is 1. The van der Waals surface area contributed by atoms with Crippen LogP contribution in [0.3, 0.4) is 0 Å². The van der Waals surface area contributed by atoms with E-state index in [9.17, 15) is 13.2 Å². The van der Waals surface area contributed by atoms with E-state index in [-0.39, 0.29) is 35.4 Å². The van der Waals surface area contributed by atoms with Gasteiger partial charge in [-0.25, -0.2) is 13.4 Å². The number of thioether (sulfide) groups is 1. The van der Waals surface area contributed by atoms with Crippen LogP contribution in [0.5, 0.6) is 5.75 Å². The summed E-state index contributed by atoms with van der Waals surface area (Å²) in [5, 5.41) is 0.604. The molecule has 11 heteroatoms. The van der Waals surface area contributed by atoms with Crippen LogP contribution < -0.4 is 9.64 Å². The Balaban J connectivity index is 0.00000432. The second-order valence-corrected chi connectivity index (χ2v) is 11.6. The molecule has 3 aromatic rings. The molecule has 0 saturated carbocycles. The number of anilines is 1. The predicted molar refractivity (Wildman–Crippen MR) is 148 cm³/mol. The Labute approximate surface area is 222 Å². The highest BCUT2D eigenvalue weighted by atomic mass is 35.5. The minimum Gasteiger partial charge on any atom is -0.497 e. The number of carbonyl (C=O) groups is 1. The molecule has 1 amide bonds. The van der Waals surface area contributed by atoms with Crippen molar-refractivity contribution in [3.05, 3.63) is 42.5 Å². The van der Waals surface area contributed by atoms with E-state index in [2.05, 4.69) is 24.8 Å². The summed E-state index contributed by atoms with van der Waals surface area (Å²) in [5.74, 6) is 0.0769. The normalized spacial score (nSPS) is 11.5. The smallest absolute Gasteiger partial charge is 0.229 e. The molecule has 0 unspecified atom stereocenters. The Kier molecular flexibility index (Phi) is 11.3. The highest BCUT2D eigenvalue weighted by Gasteiger charge is 2.24. The van der Waals surface area contributed by atoms with Gasteiger partial charge in [0.25, 0.3) is 0 Å². The van der Waals surface area contributed by atoms with Crippen LogP contribution in [0.1, 0.15) is 20.3 Å². The fourth-order valence-corrected chi connectivity index (χ4v) is 6.29. The topological polar surface area (TPSA) is 79.8 Å². The first-order valence-corrected chi connectivity index (χ1v) is 14.8. The van der Waals surface area contributed by atoms with Crippen LogP contribution in [0, 0.1) is 0 Å². The van der Waals surface area contributed by atoms with Crippen LogP contribution in [0.25, 0.3) is 10.2 Å². The van der Waals surface area contributed by atoms with Crippen molar-refractivity contribution in [3.63, 3.8) is 0 Å².